The summed E-state index contributed by atoms with van der Waals surface area (Å²) in [5, 5.41) is 2.95. The third-order valence-corrected chi connectivity index (χ3v) is 6.88. The van der Waals surface area contributed by atoms with Crippen LogP contribution in [-0.4, -0.2) is 46.8 Å². The monoisotopic (exact) mass is 397 g/mol. The van der Waals surface area contributed by atoms with Gasteiger partial charge in [0.25, 0.3) is 5.91 Å². The molecule has 4 amide bonds. The zero-order valence-electron chi connectivity index (χ0n) is 17.8. The molecule has 1 saturated carbocycles. The molecule has 1 N–H and O–H groups in total. The molecule has 0 bridgehead atoms. The third kappa shape index (κ3) is 3.43. The van der Waals surface area contributed by atoms with Crippen molar-refractivity contribution >= 4 is 17.8 Å². The first-order valence-corrected chi connectivity index (χ1v) is 10.6. The Hall–Kier alpha value is -2.37. The molecule has 6 heteroatoms. The van der Waals surface area contributed by atoms with Crippen molar-refractivity contribution in [2.24, 2.45) is 11.3 Å². The molecule has 3 aliphatic rings. The summed E-state index contributed by atoms with van der Waals surface area (Å²) in [5.74, 6) is -0.0950. The first-order chi connectivity index (χ1) is 13.6. The van der Waals surface area contributed by atoms with Gasteiger partial charge in [-0.2, -0.15) is 0 Å². The Balaban J connectivity index is 1.49. The Labute approximate surface area is 172 Å². The summed E-state index contributed by atoms with van der Waals surface area (Å²) in [4.78, 5) is 41.8. The largest absolute Gasteiger partial charge is 0.337 e. The van der Waals surface area contributed by atoms with Crippen LogP contribution in [0, 0.1) is 11.3 Å². The van der Waals surface area contributed by atoms with Crippen LogP contribution in [0.4, 0.5) is 4.79 Å². The van der Waals surface area contributed by atoms with Crippen LogP contribution in [0.5, 0.6) is 0 Å². The number of rotatable bonds is 3. The Kier molecular flexibility index (Phi) is 4.71. The van der Waals surface area contributed by atoms with Crippen molar-refractivity contribution in [3.63, 3.8) is 0 Å². The number of amides is 4. The molecule has 156 valence electrons. The van der Waals surface area contributed by atoms with E-state index in [1.165, 1.54) is 11.1 Å². The molecule has 1 spiro atoms. The number of carbonyl (C=O) groups excluding carboxylic acids is 3. The quantitative estimate of drug-likeness (QED) is 0.796. The van der Waals surface area contributed by atoms with E-state index in [-0.39, 0.29) is 29.8 Å². The van der Waals surface area contributed by atoms with E-state index in [4.69, 9.17) is 0 Å². The lowest BCUT2D eigenvalue weighted by Crippen LogP contribution is -2.54. The van der Waals surface area contributed by atoms with E-state index in [9.17, 15) is 14.4 Å². The summed E-state index contributed by atoms with van der Waals surface area (Å²) in [7, 11) is 1.77. The Morgan fingerprint density at radius 1 is 1.24 bits per heavy atom. The number of hydrogen-bond acceptors (Lipinski definition) is 3. The SMILES string of the molecule is CC1CC(C)(C)CC2(C1)NC(=O)N(CC(=O)N(C)C1CCc3ccccc31)C2=O. The minimum atomic E-state index is -0.864. The summed E-state index contributed by atoms with van der Waals surface area (Å²) in [6, 6.07) is 7.73. The van der Waals surface area contributed by atoms with Crippen molar-refractivity contribution in [2.75, 3.05) is 13.6 Å². The number of urea groups is 1. The summed E-state index contributed by atoms with van der Waals surface area (Å²) >= 11 is 0. The molecular weight excluding hydrogens is 366 g/mol. The number of aryl methyl sites for hydroxylation is 1. The maximum Gasteiger partial charge on any atom is 0.325 e. The Bertz CT molecular complexity index is 865. The maximum atomic E-state index is 13.3. The third-order valence-electron chi connectivity index (χ3n) is 6.88. The highest BCUT2D eigenvalue weighted by molar-refractivity contribution is 6.09. The van der Waals surface area contributed by atoms with Gasteiger partial charge in [-0.3, -0.25) is 14.5 Å². The zero-order chi connectivity index (χ0) is 21.0. The van der Waals surface area contributed by atoms with Crippen molar-refractivity contribution in [2.45, 2.75) is 64.5 Å². The summed E-state index contributed by atoms with van der Waals surface area (Å²) in [6.45, 7) is 6.21. The molecule has 1 aromatic rings. The van der Waals surface area contributed by atoms with Gasteiger partial charge in [-0.15, -0.1) is 0 Å². The van der Waals surface area contributed by atoms with E-state index in [0.717, 1.165) is 24.2 Å². The highest BCUT2D eigenvalue weighted by Crippen LogP contribution is 2.46. The van der Waals surface area contributed by atoms with Gasteiger partial charge in [0.2, 0.25) is 5.91 Å². The lowest BCUT2D eigenvalue weighted by Gasteiger charge is -2.43. The molecule has 0 aromatic heterocycles. The van der Waals surface area contributed by atoms with Gasteiger partial charge in [0.05, 0.1) is 6.04 Å². The van der Waals surface area contributed by atoms with Gasteiger partial charge in [-0.25, -0.2) is 4.79 Å². The molecule has 1 aromatic carbocycles. The molecule has 1 aliphatic heterocycles. The number of fused-ring (bicyclic) bond motifs is 1. The number of nitrogens with zero attached hydrogens (tertiary/aromatic N) is 2. The molecule has 2 aliphatic carbocycles. The van der Waals surface area contributed by atoms with Gasteiger partial charge in [0.15, 0.2) is 0 Å². The molecule has 1 saturated heterocycles. The fraction of sp³-hybridized carbons (Fsp3) is 0.609. The highest BCUT2D eigenvalue weighted by atomic mass is 16.2. The number of hydrogen-bond donors (Lipinski definition) is 1. The molecule has 2 fully saturated rings. The molecule has 3 atom stereocenters. The van der Waals surface area contributed by atoms with Crippen LogP contribution < -0.4 is 5.32 Å². The Morgan fingerprint density at radius 3 is 2.69 bits per heavy atom. The molecule has 3 unspecified atom stereocenters. The minimum Gasteiger partial charge on any atom is -0.337 e. The first kappa shape index (κ1) is 19.9. The number of likely N-dealkylation sites (N-methyl/N-ethyl adjacent to an activating group) is 1. The Morgan fingerprint density at radius 2 is 1.97 bits per heavy atom. The van der Waals surface area contributed by atoms with E-state index >= 15 is 0 Å². The normalized spacial score (nSPS) is 30.4. The number of benzene rings is 1. The van der Waals surface area contributed by atoms with Crippen LogP contribution in [0.1, 0.15) is 63.6 Å². The zero-order valence-corrected chi connectivity index (χ0v) is 17.8. The summed E-state index contributed by atoms with van der Waals surface area (Å²) < 4.78 is 0. The fourth-order valence-electron chi connectivity index (χ4n) is 6.01. The van der Waals surface area contributed by atoms with Gasteiger partial charge in [-0.1, -0.05) is 45.0 Å². The number of imide groups is 1. The summed E-state index contributed by atoms with van der Waals surface area (Å²) in [6.07, 6.45) is 4.10. The molecule has 0 radical (unpaired) electrons. The van der Waals surface area contributed by atoms with Crippen LogP contribution in [-0.2, 0) is 16.0 Å². The van der Waals surface area contributed by atoms with E-state index in [2.05, 4.69) is 38.2 Å². The molecule has 1 heterocycles. The van der Waals surface area contributed by atoms with E-state index < -0.39 is 11.6 Å². The predicted octanol–water partition coefficient (Wildman–Crippen LogP) is 3.27. The van der Waals surface area contributed by atoms with Gasteiger partial charge in [0, 0.05) is 7.05 Å². The topological polar surface area (TPSA) is 69.7 Å². The van der Waals surface area contributed by atoms with Crippen molar-refractivity contribution in [3.05, 3.63) is 35.4 Å². The molecular formula is C23H31N3O3. The van der Waals surface area contributed by atoms with E-state index in [1.54, 1.807) is 11.9 Å². The summed E-state index contributed by atoms with van der Waals surface area (Å²) in [5.41, 5.74) is 1.55. The standard InChI is InChI=1S/C23H31N3O3/c1-15-11-22(2,3)14-23(12-15)20(28)26(21(29)24-23)13-19(27)25(4)18-10-9-16-7-5-6-8-17(16)18/h5-8,15,18H,9-14H2,1-4H3,(H,24,29). The minimum absolute atomic E-state index is 0.00191. The average molecular weight is 398 g/mol. The van der Waals surface area contributed by atoms with Crippen LogP contribution in [0.2, 0.25) is 0 Å². The van der Waals surface area contributed by atoms with Crippen LogP contribution >= 0.6 is 0 Å². The van der Waals surface area contributed by atoms with Crippen molar-refractivity contribution in [3.8, 4) is 0 Å². The predicted molar refractivity (Wildman–Crippen MR) is 110 cm³/mol. The van der Waals surface area contributed by atoms with Crippen molar-refractivity contribution in [1.82, 2.24) is 15.1 Å². The highest BCUT2D eigenvalue weighted by Gasteiger charge is 2.56. The maximum absolute atomic E-state index is 13.3. The smallest absolute Gasteiger partial charge is 0.325 e. The molecule has 4 rings (SSSR count). The van der Waals surface area contributed by atoms with Crippen LogP contribution in [0.15, 0.2) is 24.3 Å². The number of carbonyl (C=O) groups is 3. The second-order valence-electron chi connectivity index (χ2n) is 10.0. The van der Waals surface area contributed by atoms with Gasteiger partial charge >= 0.3 is 6.03 Å². The fourth-order valence-corrected chi connectivity index (χ4v) is 6.01. The molecule has 29 heavy (non-hydrogen) atoms. The molecule has 6 nitrogen and oxygen atoms in total. The second kappa shape index (κ2) is 6.85. The van der Waals surface area contributed by atoms with Gasteiger partial charge < -0.3 is 10.2 Å². The van der Waals surface area contributed by atoms with Crippen molar-refractivity contribution in [1.29, 1.82) is 0 Å². The van der Waals surface area contributed by atoms with E-state index in [1.807, 2.05) is 12.1 Å². The van der Waals surface area contributed by atoms with Crippen LogP contribution in [0.3, 0.4) is 0 Å². The second-order valence-corrected chi connectivity index (χ2v) is 10.0. The van der Waals surface area contributed by atoms with E-state index in [0.29, 0.717) is 18.8 Å². The van der Waals surface area contributed by atoms with Crippen LogP contribution in [0.25, 0.3) is 0 Å². The number of nitrogens with one attached hydrogen (secondary N) is 1. The van der Waals surface area contributed by atoms with Gasteiger partial charge in [-0.05, 0) is 54.6 Å². The lowest BCUT2D eigenvalue weighted by molar-refractivity contribution is -0.141. The first-order valence-electron chi connectivity index (χ1n) is 10.6. The average Bonchev–Trinajstić information content (AvgIpc) is 3.14. The lowest BCUT2D eigenvalue weighted by atomic mass is 9.64. The van der Waals surface area contributed by atoms with Gasteiger partial charge in [0.1, 0.15) is 12.1 Å². The van der Waals surface area contributed by atoms with Crippen molar-refractivity contribution < 1.29 is 14.4 Å².